The smallest absolute Gasteiger partial charge is 0.223 e. The van der Waals surface area contributed by atoms with Crippen molar-refractivity contribution >= 4 is 17.5 Å². The van der Waals surface area contributed by atoms with Crippen LogP contribution in [-0.4, -0.2) is 44.1 Å². The third kappa shape index (κ3) is 3.60. The molecule has 8 heteroatoms. The van der Waals surface area contributed by atoms with Gasteiger partial charge in [0.25, 0.3) is 0 Å². The topological polar surface area (TPSA) is 107 Å². The van der Waals surface area contributed by atoms with Gasteiger partial charge in [-0.1, -0.05) is 23.4 Å². The molecule has 1 aliphatic heterocycles. The second kappa shape index (κ2) is 8.14. The van der Waals surface area contributed by atoms with Crippen LogP contribution in [0, 0.1) is 13.8 Å². The van der Waals surface area contributed by atoms with Crippen LogP contribution in [0.1, 0.15) is 46.6 Å². The Morgan fingerprint density at radius 1 is 1.23 bits per heavy atom. The fourth-order valence-corrected chi connectivity index (χ4v) is 4.07. The lowest BCUT2D eigenvalue weighted by Gasteiger charge is -2.23. The van der Waals surface area contributed by atoms with Crippen molar-refractivity contribution in [3.63, 3.8) is 0 Å². The maximum Gasteiger partial charge on any atom is 0.223 e. The van der Waals surface area contributed by atoms with Gasteiger partial charge < -0.3 is 15.2 Å². The van der Waals surface area contributed by atoms with Crippen LogP contribution < -0.4 is 5.73 Å². The largest absolute Gasteiger partial charge is 0.383 e. The molecule has 0 spiro atoms. The summed E-state index contributed by atoms with van der Waals surface area (Å²) in [6.45, 7) is 4.28. The SMILES string of the molecule is Cc1noc(C)c1CCC(=O)N1CCC[C@H]1C(=O)c1cnn(-c2ccccc2)c1N. The van der Waals surface area contributed by atoms with Gasteiger partial charge in [0.05, 0.1) is 29.2 Å². The molecule has 2 aromatic heterocycles. The number of nitrogen functional groups attached to an aromatic ring is 1. The van der Waals surface area contributed by atoms with Gasteiger partial charge in [-0.25, -0.2) is 4.68 Å². The third-order valence-corrected chi connectivity index (χ3v) is 5.72. The van der Waals surface area contributed by atoms with E-state index in [1.54, 1.807) is 9.58 Å². The van der Waals surface area contributed by atoms with Crippen LogP contribution in [0.5, 0.6) is 0 Å². The van der Waals surface area contributed by atoms with Gasteiger partial charge >= 0.3 is 0 Å². The van der Waals surface area contributed by atoms with Crippen LogP contribution in [0.25, 0.3) is 5.69 Å². The lowest BCUT2D eigenvalue weighted by molar-refractivity contribution is -0.131. The molecule has 156 valence electrons. The molecule has 1 atom stereocenters. The van der Waals surface area contributed by atoms with E-state index in [1.807, 2.05) is 44.2 Å². The zero-order chi connectivity index (χ0) is 21.3. The highest BCUT2D eigenvalue weighted by atomic mass is 16.5. The first-order valence-electron chi connectivity index (χ1n) is 10.1. The monoisotopic (exact) mass is 407 g/mol. The highest BCUT2D eigenvalue weighted by molar-refractivity contribution is 6.05. The predicted molar refractivity (Wildman–Crippen MR) is 111 cm³/mol. The van der Waals surface area contributed by atoms with Crippen molar-refractivity contribution in [3.05, 3.63) is 59.1 Å². The Morgan fingerprint density at radius 2 is 2.00 bits per heavy atom. The Hall–Kier alpha value is -3.42. The Balaban J connectivity index is 1.49. The Bertz CT molecular complexity index is 1050. The fourth-order valence-electron chi connectivity index (χ4n) is 4.07. The summed E-state index contributed by atoms with van der Waals surface area (Å²) in [4.78, 5) is 27.8. The zero-order valence-corrected chi connectivity index (χ0v) is 17.2. The molecule has 1 aromatic carbocycles. The van der Waals surface area contributed by atoms with Crippen LogP contribution in [0.3, 0.4) is 0 Å². The van der Waals surface area contributed by atoms with Crippen LogP contribution in [0.15, 0.2) is 41.1 Å². The molecule has 1 aliphatic rings. The molecule has 1 fully saturated rings. The van der Waals surface area contributed by atoms with E-state index in [4.69, 9.17) is 10.3 Å². The van der Waals surface area contributed by atoms with Crippen molar-refractivity contribution < 1.29 is 14.1 Å². The molecule has 2 N–H and O–H groups in total. The number of benzene rings is 1. The predicted octanol–water partition coefficient (Wildman–Crippen LogP) is 2.87. The minimum Gasteiger partial charge on any atom is -0.383 e. The van der Waals surface area contributed by atoms with Crippen molar-refractivity contribution in [3.8, 4) is 5.69 Å². The summed E-state index contributed by atoms with van der Waals surface area (Å²) in [5.41, 5.74) is 9.14. The van der Waals surface area contributed by atoms with Gasteiger partial charge in [0.1, 0.15) is 11.6 Å². The number of likely N-dealkylation sites (tertiary alicyclic amines) is 1. The number of anilines is 1. The average Bonchev–Trinajstić information content (AvgIpc) is 3.46. The Labute approximate surface area is 174 Å². The van der Waals surface area contributed by atoms with Gasteiger partial charge in [0.2, 0.25) is 5.91 Å². The molecule has 1 amide bonds. The van der Waals surface area contributed by atoms with E-state index in [0.717, 1.165) is 29.1 Å². The third-order valence-electron chi connectivity index (χ3n) is 5.72. The molecule has 3 heterocycles. The van der Waals surface area contributed by atoms with E-state index in [0.29, 0.717) is 37.2 Å². The van der Waals surface area contributed by atoms with Crippen LogP contribution in [0.4, 0.5) is 5.82 Å². The van der Waals surface area contributed by atoms with E-state index in [-0.39, 0.29) is 11.7 Å². The number of rotatable bonds is 6. The number of hydrogen-bond acceptors (Lipinski definition) is 6. The summed E-state index contributed by atoms with van der Waals surface area (Å²) in [7, 11) is 0. The van der Waals surface area contributed by atoms with Crippen LogP contribution >= 0.6 is 0 Å². The minimum absolute atomic E-state index is 0.0418. The first kappa shape index (κ1) is 19.9. The maximum atomic E-state index is 13.2. The summed E-state index contributed by atoms with van der Waals surface area (Å²) in [6.07, 6.45) is 3.78. The number of nitrogens with two attached hydrogens (primary N) is 1. The fraction of sp³-hybridized carbons (Fsp3) is 0.364. The number of amides is 1. The van der Waals surface area contributed by atoms with E-state index in [1.165, 1.54) is 6.20 Å². The number of aryl methyl sites for hydroxylation is 2. The highest BCUT2D eigenvalue weighted by Crippen LogP contribution is 2.26. The molecule has 0 aliphatic carbocycles. The normalized spacial score (nSPS) is 16.2. The summed E-state index contributed by atoms with van der Waals surface area (Å²) in [5.74, 6) is 0.828. The Morgan fingerprint density at radius 3 is 2.70 bits per heavy atom. The lowest BCUT2D eigenvalue weighted by atomic mass is 10.0. The minimum atomic E-state index is -0.502. The number of aromatic nitrogens is 3. The van der Waals surface area contributed by atoms with Crippen molar-refractivity contribution in [1.82, 2.24) is 19.8 Å². The summed E-state index contributed by atoms with van der Waals surface area (Å²) < 4.78 is 6.72. The molecular weight excluding hydrogens is 382 g/mol. The highest BCUT2D eigenvalue weighted by Gasteiger charge is 2.36. The first-order chi connectivity index (χ1) is 14.5. The Kier molecular flexibility index (Phi) is 5.39. The first-order valence-corrected chi connectivity index (χ1v) is 10.1. The zero-order valence-electron chi connectivity index (χ0n) is 17.2. The van der Waals surface area contributed by atoms with Crippen molar-refractivity contribution in [2.45, 2.75) is 45.6 Å². The molecule has 8 nitrogen and oxygen atoms in total. The van der Waals surface area contributed by atoms with Crippen molar-refractivity contribution in [1.29, 1.82) is 0 Å². The van der Waals surface area contributed by atoms with Gasteiger partial charge in [0, 0.05) is 18.5 Å². The molecule has 4 rings (SSSR count). The van der Waals surface area contributed by atoms with E-state index < -0.39 is 6.04 Å². The number of nitrogens with zero attached hydrogens (tertiary/aromatic N) is 4. The molecule has 0 radical (unpaired) electrons. The molecular formula is C22H25N5O3. The van der Waals surface area contributed by atoms with Crippen LogP contribution in [-0.2, 0) is 11.2 Å². The van der Waals surface area contributed by atoms with Gasteiger partial charge in [-0.15, -0.1) is 0 Å². The van der Waals surface area contributed by atoms with Crippen molar-refractivity contribution in [2.24, 2.45) is 0 Å². The molecule has 1 saturated heterocycles. The number of para-hydroxylation sites is 1. The molecule has 3 aromatic rings. The number of carbonyl (C=O) groups is 2. The second-order valence-electron chi connectivity index (χ2n) is 7.60. The van der Waals surface area contributed by atoms with Gasteiger partial charge in [0.15, 0.2) is 5.78 Å². The number of hydrogen-bond donors (Lipinski definition) is 1. The quantitative estimate of drug-likeness (QED) is 0.630. The summed E-state index contributed by atoms with van der Waals surface area (Å²) >= 11 is 0. The number of ketones is 1. The molecule has 30 heavy (non-hydrogen) atoms. The van der Waals surface area contributed by atoms with Gasteiger partial charge in [-0.3, -0.25) is 9.59 Å². The molecule has 0 bridgehead atoms. The second-order valence-corrected chi connectivity index (χ2v) is 7.60. The lowest BCUT2D eigenvalue weighted by Crippen LogP contribution is -2.40. The van der Waals surface area contributed by atoms with E-state index >= 15 is 0 Å². The molecule has 0 unspecified atom stereocenters. The van der Waals surface area contributed by atoms with E-state index in [2.05, 4.69) is 10.3 Å². The molecule has 0 saturated carbocycles. The standard InChI is InChI=1S/C22H25N5O3/c1-14-17(15(2)30-25-14)10-11-20(28)26-12-6-9-19(26)21(29)18-13-24-27(22(18)23)16-7-4-3-5-8-16/h3-5,7-8,13,19H,6,9-12,23H2,1-2H3/t19-/m0/s1. The average molecular weight is 407 g/mol. The summed E-state index contributed by atoms with van der Waals surface area (Å²) in [5, 5.41) is 8.22. The maximum absolute atomic E-state index is 13.2. The van der Waals surface area contributed by atoms with Crippen LogP contribution in [0.2, 0.25) is 0 Å². The van der Waals surface area contributed by atoms with Crippen molar-refractivity contribution in [2.75, 3.05) is 12.3 Å². The number of carbonyl (C=O) groups excluding carboxylic acids is 2. The van der Waals surface area contributed by atoms with Gasteiger partial charge in [-0.05, 0) is 45.2 Å². The summed E-state index contributed by atoms with van der Waals surface area (Å²) in [6, 6.07) is 8.91. The van der Waals surface area contributed by atoms with E-state index in [9.17, 15) is 9.59 Å². The number of Topliss-reactive ketones (excluding diaryl/α,β-unsaturated/α-hetero) is 1. The van der Waals surface area contributed by atoms with Gasteiger partial charge in [-0.2, -0.15) is 5.10 Å².